The number of para-hydroxylation sites is 2. The van der Waals surface area contributed by atoms with Crippen molar-refractivity contribution in [2.24, 2.45) is 0 Å². The van der Waals surface area contributed by atoms with Crippen molar-refractivity contribution >= 4 is 11.6 Å². The van der Waals surface area contributed by atoms with E-state index in [0.717, 1.165) is 50.5 Å². The van der Waals surface area contributed by atoms with Crippen LogP contribution in [0, 0.1) is 0 Å². The summed E-state index contributed by atoms with van der Waals surface area (Å²) in [5, 5.41) is 3.22. The average molecular weight is 331 g/mol. The normalized spacial score (nSPS) is 20.8. The summed E-state index contributed by atoms with van der Waals surface area (Å²) in [6.07, 6.45) is 4.77. The van der Waals surface area contributed by atoms with E-state index >= 15 is 0 Å². The fourth-order valence-corrected chi connectivity index (χ4v) is 3.80. The van der Waals surface area contributed by atoms with Crippen molar-refractivity contribution in [1.29, 1.82) is 0 Å². The number of methoxy groups -OCH3 is 1. The van der Waals surface area contributed by atoms with Crippen molar-refractivity contribution in [3.8, 4) is 5.75 Å². The summed E-state index contributed by atoms with van der Waals surface area (Å²) in [4.78, 5) is 17.1. The predicted octanol–water partition coefficient (Wildman–Crippen LogP) is 2.26. The number of carbonyl (C=O) groups excluding carboxylic acids is 1. The fraction of sp³-hybridized carbons (Fsp3) is 0.632. The second kappa shape index (κ2) is 7.88. The number of rotatable bonds is 5. The van der Waals surface area contributed by atoms with E-state index in [1.54, 1.807) is 7.11 Å². The molecule has 1 N–H and O–H groups in total. The smallest absolute Gasteiger partial charge is 0.237 e. The van der Waals surface area contributed by atoms with Crippen molar-refractivity contribution in [3.63, 3.8) is 0 Å². The molecule has 1 saturated heterocycles. The maximum Gasteiger partial charge on any atom is 0.237 e. The minimum Gasteiger partial charge on any atom is -0.495 e. The molecule has 0 radical (unpaired) electrons. The van der Waals surface area contributed by atoms with Crippen LogP contribution < -0.4 is 15.0 Å². The lowest BCUT2D eigenvalue weighted by Gasteiger charge is -2.39. The first kappa shape index (κ1) is 17.1. The second-order valence-corrected chi connectivity index (χ2v) is 6.86. The van der Waals surface area contributed by atoms with Gasteiger partial charge < -0.3 is 15.0 Å². The Hall–Kier alpha value is -1.75. The van der Waals surface area contributed by atoms with Crippen molar-refractivity contribution in [1.82, 2.24) is 10.2 Å². The van der Waals surface area contributed by atoms with E-state index in [9.17, 15) is 4.79 Å². The van der Waals surface area contributed by atoms with Gasteiger partial charge in [0.25, 0.3) is 0 Å². The Kier molecular flexibility index (Phi) is 5.61. The van der Waals surface area contributed by atoms with Crippen molar-refractivity contribution in [3.05, 3.63) is 24.3 Å². The Bertz CT molecular complexity index is 549. The van der Waals surface area contributed by atoms with Gasteiger partial charge in [0.15, 0.2) is 0 Å². The lowest BCUT2D eigenvalue weighted by Crippen LogP contribution is -2.54. The molecule has 1 amide bonds. The molecule has 3 rings (SSSR count). The van der Waals surface area contributed by atoms with Gasteiger partial charge in [0, 0.05) is 32.2 Å². The van der Waals surface area contributed by atoms with Crippen LogP contribution in [0.25, 0.3) is 0 Å². The molecule has 0 bridgehead atoms. The minimum absolute atomic E-state index is 0.0505. The number of carbonyl (C=O) groups is 1. The highest BCUT2D eigenvalue weighted by Gasteiger charge is 2.28. The number of nitrogens with one attached hydrogen (secondary N) is 1. The molecule has 132 valence electrons. The van der Waals surface area contributed by atoms with Gasteiger partial charge in [-0.2, -0.15) is 0 Å². The number of ether oxygens (including phenoxy) is 1. The molecule has 24 heavy (non-hydrogen) atoms. The minimum atomic E-state index is -0.0505. The van der Waals surface area contributed by atoms with Crippen molar-refractivity contribution in [2.45, 2.75) is 44.7 Å². The molecule has 2 fully saturated rings. The highest BCUT2D eigenvalue weighted by molar-refractivity contribution is 5.81. The second-order valence-electron chi connectivity index (χ2n) is 6.86. The third-order valence-electron chi connectivity index (χ3n) is 5.37. The molecular weight excluding hydrogens is 302 g/mol. The molecule has 5 nitrogen and oxygen atoms in total. The summed E-state index contributed by atoms with van der Waals surface area (Å²) >= 11 is 0. The van der Waals surface area contributed by atoms with Crippen LogP contribution in [0.4, 0.5) is 5.69 Å². The molecule has 1 aromatic carbocycles. The highest BCUT2D eigenvalue weighted by Crippen LogP contribution is 2.28. The number of amides is 1. The van der Waals surface area contributed by atoms with Crippen LogP contribution in [0.3, 0.4) is 0 Å². The van der Waals surface area contributed by atoms with Crippen LogP contribution in [0.1, 0.15) is 32.6 Å². The third kappa shape index (κ3) is 3.83. The first-order valence-corrected chi connectivity index (χ1v) is 9.11. The largest absolute Gasteiger partial charge is 0.495 e. The number of hydrogen-bond acceptors (Lipinski definition) is 4. The molecule has 1 aromatic rings. The van der Waals surface area contributed by atoms with Gasteiger partial charge in [0.2, 0.25) is 5.91 Å². The average Bonchev–Trinajstić information content (AvgIpc) is 3.14. The number of nitrogens with zero attached hydrogens (tertiary/aromatic N) is 2. The van der Waals surface area contributed by atoms with E-state index in [-0.39, 0.29) is 11.9 Å². The van der Waals surface area contributed by atoms with Crippen LogP contribution in [0.2, 0.25) is 0 Å². The van der Waals surface area contributed by atoms with Gasteiger partial charge in [-0.1, -0.05) is 25.0 Å². The van der Waals surface area contributed by atoms with Gasteiger partial charge >= 0.3 is 0 Å². The quantitative estimate of drug-likeness (QED) is 0.899. The van der Waals surface area contributed by atoms with Crippen LogP contribution in [0.5, 0.6) is 5.75 Å². The zero-order valence-electron chi connectivity index (χ0n) is 14.8. The molecule has 1 heterocycles. The standard InChI is InChI=1S/C19H29N3O2/c1-15(19(23)20-16-7-3-4-8-16)21-11-13-22(14-12-21)17-9-5-6-10-18(17)24-2/h5-6,9-10,15-16H,3-4,7-8,11-14H2,1-2H3,(H,20,23)/t15-/m0/s1. The maximum atomic E-state index is 12.5. The predicted molar refractivity (Wildman–Crippen MR) is 96.6 cm³/mol. The Morgan fingerprint density at radius 3 is 2.50 bits per heavy atom. The van der Waals surface area contributed by atoms with E-state index in [1.807, 2.05) is 25.1 Å². The SMILES string of the molecule is COc1ccccc1N1CCN([C@@H](C)C(=O)NC2CCCC2)CC1. The van der Waals surface area contributed by atoms with E-state index in [2.05, 4.69) is 21.2 Å². The molecule has 0 spiro atoms. The zero-order chi connectivity index (χ0) is 16.9. The number of anilines is 1. The van der Waals surface area contributed by atoms with Crippen molar-refractivity contribution in [2.75, 3.05) is 38.2 Å². The van der Waals surface area contributed by atoms with Crippen LogP contribution >= 0.6 is 0 Å². The zero-order valence-corrected chi connectivity index (χ0v) is 14.8. The molecule has 5 heteroatoms. The molecule has 1 atom stereocenters. The van der Waals surface area contributed by atoms with E-state index in [1.165, 1.54) is 12.8 Å². The Morgan fingerprint density at radius 2 is 1.83 bits per heavy atom. The van der Waals surface area contributed by atoms with Gasteiger partial charge in [-0.3, -0.25) is 9.69 Å². The molecule has 0 unspecified atom stereocenters. The topological polar surface area (TPSA) is 44.8 Å². The summed E-state index contributed by atoms with van der Waals surface area (Å²) < 4.78 is 5.47. The van der Waals surface area contributed by atoms with E-state index in [0.29, 0.717) is 6.04 Å². The Labute approximate surface area is 145 Å². The molecule has 1 saturated carbocycles. The van der Waals surface area contributed by atoms with Gasteiger partial charge in [-0.05, 0) is 31.9 Å². The molecule has 2 aliphatic rings. The van der Waals surface area contributed by atoms with E-state index in [4.69, 9.17) is 4.74 Å². The molecule has 0 aromatic heterocycles. The monoisotopic (exact) mass is 331 g/mol. The molecule has 1 aliphatic heterocycles. The number of hydrogen-bond donors (Lipinski definition) is 1. The molecule has 1 aliphatic carbocycles. The summed E-state index contributed by atoms with van der Waals surface area (Å²) in [6.45, 7) is 5.67. The van der Waals surface area contributed by atoms with Gasteiger partial charge in [0.05, 0.1) is 18.8 Å². The first-order valence-electron chi connectivity index (χ1n) is 9.11. The van der Waals surface area contributed by atoms with Crippen LogP contribution in [-0.4, -0.2) is 56.2 Å². The summed E-state index contributed by atoms with van der Waals surface area (Å²) in [7, 11) is 1.71. The van der Waals surface area contributed by atoms with Crippen molar-refractivity contribution < 1.29 is 9.53 Å². The Balaban J connectivity index is 1.53. The third-order valence-corrected chi connectivity index (χ3v) is 5.37. The summed E-state index contributed by atoms with van der Waals surface area (Å²) in [6, 6.07) is 8.49. The van der Waals surface area contributed by atoms with Gasteiger partial charge in [-0.15, -0.1) is 0 Å². The Morgan fingerprint density at radius 1 is 1.17 bits per heavy atom. The van der Waals surface area contributed by atoms with Gasteiger partial charge in [-0.25, -0.2) is 0 Å². The fourth-order valence-electron chi connectivity index (χ4n) is 3.80. The number of piperazine rings is 1. The maximum absolute atomic E-state index is 12.5. The first-order chi connectivity index (χ1) is 11.7. The highest BCUT2D eigenvalue weighted by atomic mass is 16.5. The van der Waals surface area contributed by atoms with E-state index < -0.39 is 0 Å². The summed E-state index contributed by atoms with van der Waals surface area (Å²) in [5.74, 6) is 1.10. The molecular formula is C19H29N3O2. The lowest BCUT2D eigenvalue weighted by atomic mass is 10.1. The number of benzene rings is 1. The lowest BCUT2D eigenvalue weighted by molar-refractivity contribution is -0.126. The summed E-state index contributed by atoms with van der Waals surface area (Å²) in [5.41, 5.74) is 1.14. The van der Waals surface area contributed by atoms with Crippen LogP contribution in [0.15, 0.2) is 24.3 Å². The van der Waals surface area contributed by atoms with Gasteiger partial charge in [0.1, 0.15) is 5.75 Å². The van der Waals surface area contributed by atoms with Crippen LogP contribution in [-0.2, 0) is 4.79 Å².